The van der Waals surface area contributed by atoms with Gasteiger partial charge in [0.25, 0.3) is 5.56 Å². The van der Waals surface area contributed by atoms with Gasteiger partial charge in [-0.25, -0.2) is 4.68 Å². The van der Waals surface area contributed by atoms with Crippen LogP contribution in [0.3, 0.4) is 0 Å². The van der Waals surface area contributed by atoms with E-state index in [1.165, 1.54) is 17.1 Å². The fourth-order valence-electron chi connectivity index (χ4n) is 3.85. The van der Waals surface area contributed by atoms with E-state index < -0.39 is 0 Å². The number of nitrogens with zero attached hydrogens (tertiary/aromatic N) is 4. The molecule has 0 atom stereocenters. The third-order valence-corrected chi connectivity index (χ3v) is 6.55. The van der Waals surface area contributed by atoms with E-state index >= 15 is 0 Å². The molecule has 5 aromatic rings. The molecule has 4 N–H and O–H groups in total. The number of benzene rings is 1. The second kappa shape index (κ2) is 6.96. The van der Waals surface area contributed by atoms with Crippen molar-refractivity contribution in [2.75, 3.05) is 0 Å². The van der Waals surface area contributed by atoms with Gasteiger partial charge in [0.1, 0.15) is 5.52 Å². The van der Waals surface area contributed by atoms with E-state index in [1.54, 1.807) is 23.7 Å². The lowest BCUT2D eigenvalue weighted by atomic mass is 10.1. The van der Waals surface area contributed by atoms with Gasteiger partial charge in [-0.2, -0.15) is 10.2 Å². The highest BCUT2D eigenvalue weighted by atomic mass is 32.1. The largest absolute Gasteiger partial charge is 0.404 e. The lowest BCUT2D eigenvalue weighted by molar-refractivity contribution is 0.647. The van der Waals surface area contributed by atoms with Crippen LogP contribution in [0.25, 0.3) is 32.0 Å². The molecule has 0 aliphatic heterocycles. The summed E-state index contributed by atoms with van der Waals surface area (Å²) in [7, 11) is 1.90. The van der Waals surface area contributed by atoms with Crippen molar-refractivity contribution in [3.8, 4) is 0 Å². The molecule has 0 fully saturated rings. The summed E-state index contributed by atoms with van der Waals surface area (Å²) in [5.41, 5.74) is 9.75. The highest BCUT2D eigenvalue weighted by Crippen LogP contribution is 2.34. The Morgan fingerprint density at radius 2 is 2.20 bits per heavy atom. The minimum atomic E-state index is -0.123. The summed E-state index contributed by atoms with van der Waals surface area (Å²) in [6, 6.07) is 7.94. The van der Waals surface area contributed by atoms with Gasteiger partial charge < -0.3 is 15.7 Å². The molecule has 0 aliphatic rings. The zero-order valence-electron chi connectivity index (χ0n) is 16.2. The Balaban J connectivity index is 1.60. The molecular weight excluding hydrogens is 398 g/mol. The Labute approximate surface area is 174 Å². The van der Waals surface area contributed by atoms with Gasteiger partial charge in [0.2, 0.25) is 0 Å². The Morgan fingerprint density at radius 3 is 3.00 bits per heavy atom. The molecule has 4 aromatic heterocycles. The minimum absolute atomic E-state index is 0.123. The van der Waals surface area contributed by atoms with E-state index in [1.807, 2.05) is 29.8 Å². The van der Waals surface area contributed by atoms with Crippen LogP contribution >= 0.6 is 11.3 Å². The number of aromatic nitrogens is 5. The maximum absolute atomic E-state index is 13.3. The van der Waals surface area contributed by atoms with Crippen molar-refractivity contribution < 1.29 is 0 Å². The summed E-state index contributed by atoms with van der Waals surface area (Å²) < 4.78 is 4.45. The van der Waals surface area contributed by atoms with Crippen LogP contribution in [-0.4, -0.2) is 30.8 Å². The number of allylic oxidation sites excluding steroid dienone is 1. The van der Waals surface area contributed by atoms with Crippen LogP contribution in [0.2, 0.25) is 0 Å². The summed E-state index contributed by atoms with van der Waals surface area (Å²) in [6.07, 6.45) is 6.86. The van der Waals surface area contributed by atoms with E-state index in [2.05, 4.69) is 21.4 Å². The van der Waals surface area contributed by atoms with E-state index in [9.17, 15) is 4.79 Å². The molecule has 0 aliphatic carbocycles. The van der Waals surface area contributed by atoms with Crippen molar-refractivity contribution in [3.63, 3.8) is 0 Å². The molecule has 0 bridgehead atoms. The maximum atomic E-state index is 13.3. The van der Waals surface area contributed by atoms with Crippen molar-refractivity contribution >= 4 is 49.6 Å². The maximum Gasteiger partial charge on any atom is 0.291 e. The van der Waals surface area contributed by atoms with Gasteiger partial charge in [0.15, 0.2) is 0 Å². The molecule has 9 heteroatoms. The lowest BCUT2D eigenvalue weighted by Crippen LogP contribution is -2.24. The smallest absolute Gasteiger partial charge is 0.291 e. The molecule has 30 heavy (non-hydrogen) atoms. The number of fused-ring (bicyclic) bond motifs is 4. The quantitative estimate of drug-likeness (QED) is 0.381. The fourth-order valence-corrected chi connectivity index (χ4v) is 5.08. The summed E-state index contributed by atoms with van der Waals surface area (Å²) in [6.45, 7) is 0.375. The van der Waals surface area contributed by atoms with Gasteiger partial charge in [-0.15, -0.1) is 11.3 Å². The average Bonchev–Trinajstić information content (AvgIpc) is 3.45. The Bertz CT molecular complexity index is 1520. The number of nitrogens with one attached hydrogen (secondary N) is 2. The summed E-state index contributed by atoms with van der Waals surface area (Å²) >= 11 is 1.61. The van der Waals surface area contributed by atoms with Crippen molar-refractivity contribution in [3.05, 3.63) is 69.2 Å². The number of rotatable bonds is 5. The standard InChI is InChI=1S/C21H19N7OS/c1-27-18-6-14(5-12(7-22)8-23)30-20(18)16-10-25-28(21(29)19(16)27)11-13-3-2-4-17-15(13)9-24-26-17/h2-4,6-10,22H,5,11,23H2,1H3,(H,24,26)/b12-8-,22-7?. The Morgan fingerprint density at radius 1 is 1.33 bits per heavy atom. The van der Waals surface area contributed by atoms with Crippen molar-refractivity contribution in [1.29, 1.82) is 5.41 Å². The van der Waals surface area contributed by atoms with Crippen molar-refractivity contribution in [2.24, 2.45) is 12.8 Å². The predicted molar refractivity (Wildman–Crippen MR) is 120 cm³/mol. The zero-order chi connectivity index (χ0) is 20.8. The molecule has 8 nitrogen and oxygen atoms in total. The number of nitrogens with two attached hydrogens (primary N) is 1. The van der Waals surface area contributed by atoms with Gasteiger partial charge in [-0.3, -0.25) is 9.89 Å². The molecule has 150 valence electrons. The molecule has 5 rings (SSSR count). The summed E-state index contributed by atoms with van der Waals surface area (Å²) in [5.74, 6) is 0. The monoisotopic (exact) mass is 417 g/mol. The lowest BCUT2D eigenvalue weighted by Gasteiger charge is -2.07. The van der Waals surface area contributed by atoms with Gasteiger partial charge >= 0.3 is 0 Å². The third-order valence-electron chi connectivity index (χ3n) is 5.40. The first-order valence-corrected chi connectivity index (χ1v) is 10.2. The van der Waals surface area contributed by atoms with Crippen LogP contribution in [0.1, 0.15) is 10.4 Å². The number of H-pyrrole nitrogens is 1. The number of aryl methyl sites for hydroxylation is 1. The first-order valence-electron chi connectivity index (χ1n) is 9.40. The summed E-state index contributed by atoms with van der Waals surface area (Å²) in [4.78, 5) is 14.3. The Hall–Kier alpha value is -3.72. The van der Waals surface area contributed by atoms with Crippen LogP contribution in [0.5, 0.6) is 0 Å². The zero-order valence-corrected chi connectivity index (χ0v) is 17.0. The molecule has 0 radical (unpaired) electrons. The molecular formula is C21H19N7OS. The van der Waals surface area contributed by atoms with Crippen LogP contribution in [0.15, 0.2) is 53.2 Å². The van der Waals surface area contributed by atoms with E-state index in [4.69, 9.17) is 11.1 Å². The van der Waals surface area contributed by atoms with Gasteiger partial charge in [-0.1, -0.05) is 12.1 Å². The topological polar surface area (TPSA) is 118 Å². The molecule has 0 saturated carbocycles. The Kier molecular flexibility index (Phi) is 4.25. The number of thiophene rings is 1. The second-order valence-corrected chi connectivity index (χ2v) is 8.30. The number of hydrogen-bond donors (Lipinski definition) is 3. The van der Waals surface area contributed by atoms with Gasteiger partial charge in [0, 0.05) is 35.3 Å². The number of aromatic amines is 1. The molecule has 0 amide bonds. The second-order valence-electron chi connectivity index (χ2n) is 7.17. The van der Waals surface area contributed by atoms with Crippen LogP contribution < -0.4 is 11.3 Å². The van der Waals surface area contributed by atoms with E-state index in [0.29, 0.717) is 18.5 Å². The van der Waals surface area contributed by atoms with Crippen molar-refractivity contribution in [1.82, 2.24) is 24.5 Å². The molecule has 1 aromatic carbocycles. The van der Waals surface area contributed by atoms with Gasteiger partial charge in [0.05, 0.1) is 34.7 Å². The molecule has 0 saturated heterocycles. The first kappa shape index (κ1) is 18.3. The van der Waals surface area contributed by atoms with Crippen LogP contribution in [0.4, 0.5) is 0 Å². The molecule has 4 heterocycles. The van der Waals surface area contributed by atoms with Crippen LogP contribution in [-0.2, 0) is 20.0 Å². The van der Waals surface area contributed by atoms with E-state index in [-0.39, 0.29) is 5.56 Å². The molecule has 0 unspecified atom stereocenters. The minimum Gasteiger partial charge on any atom is -0.404 e. The fraction of sp³-hybridized carbons (Fsp3) is 0.143. The third kappa shape index (κ3) is 2.74. The van der Waals surface area contributed by atoms with Crippen LogP contribution in [0, 0.1) is 5.41 Å². The van der Waals surface area contributed by atoms with Crippen molar-refractivity contribution in [2.45, 2.75) is 13.0 Å². The van der Waals surface area contributed by atoms with E-state index in [0.717, 1.165) is 42.5 Å². The highest BCUT2D eigenvalue weighted by Gasteiger charge is 2.17. The van der Waals surface area contributed by atoms with Gasteiger partial charge in [-0.05, 0) is 29.5 Å². The predicted octanol–water partition coefficient (Wildman–Crippen LogP) is 2.91. The number of hydrogen-bond acceptors (Lipinski definition) is 6. The highest BCUT2D eigenvalue weighted by molar-refractivity contribution is 7.20. The first-order chi connectivity index (χ1) is 14.6. The normalized spacial score (nSPS) is 12.4. The molecule has 0 spiro atoms. The summed E-state index contributed by atoms with van der Waals surface area (Å²) in [5, 5.41) is 20.8. The SMILES string of the molecule is Cn1c2cc(C/C(C=N)=C/N)sc2c2cnn(Cc3cccc4[nH]ncc34)c(=O)c21. The average molecular weight is 417 g/mol.